The van der Waals surface area contributed by atoms with Crippen LogP contribution in [0.5, 0.6) is 0 Å². The Morgan fingerprint density at radius 2 is 1.65 bits per heavy atom. The lowest BCUT2D eigenvalue weighted by atomic mass is 9.87. The molecular weight excluding hydrogens is 566 g/mol. The number of rotatable bonds is 5. The number of carbonyl (C=O) groups is 1. The molecule has 5 aromatic rings. The Hall–Kier alpha value is -4.91. The zero-order valence-corrected chi connectivity index (χ0v) is 24.1. The zero-order valence-electron chi connectivity index (χ0n) is 23.3. The third kappa shape index (κ3) is 4.65. The number of hydrogen-bond acceptors (Lipinski definition) is 10. The van der Waals surface area contributed by atoms with Crippen molar-refractivity contribution in [1.82, 2.24) is 34.4 Å². The molecule has 7 rings (SSSR count). The fourth-order valence-electron chi connectivity index (χ4n) is 6.57. The number of pyridine rings is 1. The quantitative estimate of drug-likeness (QED) is 0.306. The summed E-state index contributed by atoms with van der Waals surface area (Å²) in [5.74, 6) is -0.364. The van der Waals surface area contributed by atoms with E-state index < -0.39 is 9.84 Å². The van der Waals surface area contributed by atoms with Gasteiger partial charge >= 0.3 is 0 Å². The number of amides is 1. The third-order valence-corrected chi connectivity index (χ3v) is 9.59. The highest BCUT2D eigenvalue weighted by atomic mass is 32.2. The van der Waals surface area contributed by atoms with Crippen LogP contribution in [0.4, 0.5) is 11.8 Å². The van der Waals surface area contributed by atoms with Gasteiger partial charge in [-0.25, -0.2) is 23.4 Å². The van der Waals surface area contributed by atoms with Crippen molar-refractivity contribution < 1.29 is 13.2 Å². The smallest absolute Gasteiger partial charge is 0.273 e. The lowest BCUT2D eigenvalue weighted by molar-refractivity contribution is 0.0562. The second kappa shape index (κ2) is 10.1. The largest absolute Gasteiger partial charge is 0.382 e. The summed E-state index contributed by atoms with van der Waals surface area (Å²) in [6.07, 6.45) is 8.69. The van der Waals surface area contributed by atoms with Crippen LogP contribution < -0.4 is 11.5 Å². The molecule has 12 nitrogen and oxygen atoms in total. The number of nitrogens with two attached hydrogens (primary N) is 2. The number of anilines is 2. The third-order valence-electron chi connectivity index (χ3n) is 8.43. The van der Waals surface area contributed by atoms with Gasteiger partial charge in [0.15, 0.2) is 15.5 Å². The van der Waals surface area contributed by atoms with Crippen LogP contribution in [-0.2, 0) is 9.84 Å². The summed E-state index contributed by atoms with van der Waals surface area (Å²) in [4.78, 5) is 32.9. The highest BCUT2D eigenvalue weighted by Gasteiger charge is 2.46. The predicted molar refractivity (Wildman–Crippen MR) is 161 cm³/mol. The second-order valence-electron chi connectivity index (χ2n) is 11.1. The van der Waals surface area contributed by atoms with E-state index in [1.54, 1.807) is 18.5 Å². The maximum Gasteiger partial charge on any atom is 0.273 e. The molecule has 2 fully saturated rings. The Bertz CT molecular complexity index is 1960. The number of piperidine rings is 1. The average molecular weight is 596 g/mol. The minimum atomic E-state index is -3.76. The Kier molecular flexibility index (Phi) is 6.34. The van der Waals surface area contributed by atoms with Gasteiger partial charge in [0.25, 0.3) is 5.91 Å². The van der Waals surface area contributed by atoms with Crippen molar-refractivity contribution in [2.75, 3.05) is 17.7 Å². The van der Waals surface area contributed by atoms with Crippen molar-refractivity contribution >= 4 is 33.2 Å². The lowest BCUT2D eigenvalue weighted by Gasteiger charge is -2.39. The first-order valence-electron chi connectivity index (χ1n) is 14.0. The van der Waals surface area contributed by atoms with Crippen molar-refractivity contribution in [2.45, 2.75) is 48.6 Å². The van der Waals surface area contributed by atoms with E-state index in [0.717, 1.165) is 35.9 Å². The number of aromatic nitrogens is 6. The Morgan fingerprint density at radius 1 is 0.907 bits per heavy atom. The molecule has 4 aromatic heterocycles. The molecule has 3 atom stereocenters. The average Bonchev–Trinajstić information content (AvgIpc) is 3.54. The molecule has 1 aromatic carbocycles. The van der Waals surface area contributed by atoms with Gasteiger partial charge in [0, 0.05) is 53.3 Å². The molecule has 2 aliphatic rings. The standard InChI is InChI=1S/C30H29N9O3S/c1-43(41,42)26-25(19-13-20-8-9-21(14-19)38(20)29(40)24-11-12-33-30(32)36-24)37-28-22(16-35-39(28)27(26)31)18-7-10-23(34-15-18)17-5-3-2-4-6-17/h2-7,10-12,15-16,19-21H,8-9,13-14,31H2,1H3,(H2,32,33,36)/t19?,20-,21+. The summed E-state index contributed by atoms with van der Waals surface area (Å²) in [6, 6.07) is 15.1. The van der Waals surface area contributed by atoms with Gasteiger partial charge < -0.3 is 16.4 Å². The first-order valence-corrected chi connectivity index (χ1v) is 15.9. The van der Waals surface area contributed by atoms with E-state index in [4.69, 9.17) is 16.5 Å². The molecule has 13 heteroatoms. The SMILES string of the molecule is CS(=O)(=O)c1c(C2C[C@H]3CC[C@@H](C2)N3C(=O)c2ccnc(N)n2)nc2c(-c3ccc(-c4ccccc4)nc3)cnn2c1N. The second-order valence-corrected chi connectivity index (χ2v) is 13.1. The van der Waals surface area contributed by atoms with E-state index in [9.17, 15) is 13.2 Å². The van der Waals surface area contributed by atoms with Gasteiger partial charge in [0.05, 0.1) is 17.6 Å². The first-order chi connectivity index (χ1) is 20.7. The van der Waals surface area contributed by atoms with Crippen LogP contribution in [0.2, 0.25) is 0 Å². The number of benzene rings is 1. The van der Waals surface area contributed by atoms with Crippen molar-refractivity contribution in [3.63, 3.8) is 0 Å². The molecule has 0 spiro atoms. The van der Waals surface area contributed by atoms with Crippen LogP contribution in [-0.4, -0.2) is 67.1 Å². The van der Waals surface area contributed by atoms with Crippen LogP contribution in [0.3, 0.4) is 0 Å². The molecule has 1 amide bonds. The van der Waals surface area contributed by atoms with Crippen molar-refractivity contribution in [2.24, 2.45) is 0 Å². The number of fused-ring (bicyclic) bond motifs is 3. The molecule has 43 heavy (non-hydrogen) atoms. The van der Waals surface area contributed by atoms with Gasteiger partial charge in [-0.3, -0.25) is 9.78 Å². The van der Waals surface area contributed by atoms with Gasteiger partial charge in [0.2, 0.25) is 5.95 Å². The van der Waals surface area contributed by atoms with E-state index in [2.05, 4.69) is 20.1 Å². The maximum atomic E-state index is 13.4. The van der Waals surface area contributed by atoms with E-state index in [1.165, 1.54) is 10.7 Å². The topological polar surface area (TPSA) is 175 Å². The Labute approximate surface area is 247 Å². The van der Waals surface area contributed by atoms with Crippen LogP contribution in [0.25, 0.3) is 28.0 Å². The summed E-state index contributed by atoms with van der Waals surface area (Å²) in [6.45, 7) is 0. The van der Waals surface area contributed by atoms with E-state index >= 15 is 0 Å². The number of nitrogens with zero attached hydrogens (tertiary/aromatic N) is 7. The molecule has 2 saturated heterocycles. The maximum absolute atomic E-state index is 13.4. The van der Waals surface area contributed by atoms with Crippen LogP contribution >= 0.6 is 0 Å². The number of nitrogen functional groups attached to an aromatic ring is 2. The summed E-state index contributed by atoms with van der Waals surface area (Å²) in [5.41, 5.74) is 16.7. The predicted octanol–water partition coefficient (Wildman–Crippen LogP) is 3.37. The molecule has 218 valence electrons. The van der Waals surface area contributed by atoms with Gasteiger partial charge in [0.1, 0.15) is 16.4 Å². The molecule has 6 heterocycles. The number of carbonyl (C=O) groups excluding carboxylic acids is 1. The minimum absolute atomic E-state index is 0.0139. The molecule has 2 aliphatic heterocycles. The van der Waals surface area contributed by atoms with E-state index in [-0.39, 0.29) is 46.3 Å². The summed E-state index contributed by atoms with van der Waals surface area (Å²) < 4.78 is 27.6. The Balaban J connectivity index is 1.27. The molecule has 0 saturated carbocycles. The van der Waals surface area contributed by atoms with Gasteiger partial charge in [-0.2, -0.15) is 9.61 Å². The van der Waals surface area contributed by atoms with Crippen LogP contribution in [0.1, 0.15) is 47.8 Å². The van der Waals surface area contributed by atoms with Crippen LogP contribution in [0, 0.1) is 0 Å². The van der Waals surface area contributed by atoms with Gasteiger partial charge in [-0.15, -0.1) is 0 Å². The van der Waals surface area contributed by atoms with Gasteiger partial charge in [-0.05, 0) is 37.8 Å². The molecule has 4 N–H and O–H groups in total. The monoisotopic (exact) mass is 595 g/mol. The molecule has 2 bridgehead atoms. The highest BCUT2D eigenvalue weighted by molar-refractivity contribution is 7.91. The van der Waals surface area contributed by atoms with Crippen molar-refractivity contribution in [3.05, 3.63) is 78.5 Å². The normalized spacial score (nSPS) is 20.0. The molecule has 1 unspecified atom stereocenters. The Morgan fingerprint density at radius 3 is 2.30 bits per heavy atom. The van der Waals surface area contributed by atoms with Gasteiger partial charge in [-0.1, -0.05) is 36.4 Å². The molecule has 0 radical (unpaired) electrons. The lowest BCUT2D eigenvalue weighted by Crippen LogP contribution is -2.46. The number of sulfone groups is 1. The number of hydrogen-bond donors (Lipinski definition) is 2. The summed E-state index contributed by atoms with van der Waals surface area (Å²) >= 11 is 0. The fraction of sp³-hybridized carbons (Fsp3) is 0.267. The zero-order chi connectivity index (χ0) is 29.9. The van der Waals surface area contributed by atoms with Crippen LogP contribution in [0.15, 0.2) is 72.0 Å². The van der Waals surface area contributed by atoms with E-state index in [1.807, 2.05) is 47.4 Å². The highest BCUT2D eigenvalue weighted by Crippen LogP contribution is 2.45. The fourth-order valence-corrected chi connectivity index (χ4v) is 7.63. The van der Waals surface area contributed by atoms with E-state index in [0.29, 0.717) is 29.7 Å². The molecular formula is C30H29N9O3S. The molecule has 0 aliphatic carbocycles. The van der Waals surface area contributed by atoms with Crippen molar-refractivity contribution in [1.29, 1.82) is 0 Å². The summed E-state index contributed by atoms with van der Waals surface area (Å²) in [7, 11) is -3.76. The first kappa shape index (κ1) is 27.0. The van der Waals surface area contributed by atoms with Crippen molar-refractivity contribution in [3.8, 4) is 22.4 Å². The summed E-state index contributed by atoms with van der Waals surface area (Å²) in [5, 5.41) is 4.42. The minimum Gasteiger partial charge on any atom is -0.382 e.